The van der Waals surface area contributed by atoms with Crippen LogP contribution in [0, 0.1) is 0 Å². The lowest BCUT2D eigenvalue weighted by Gasteiger charge is -2.11. The first kappa shape index (κ1) is 17.1. The molecule has 1 aromatic heterocycles. The highest BCUT2D eigenvalue weighted by Crippen LogP contribution is 2.33. The molecule has 0 aliphatic carbocycles. The number of nitrogen functional groups attached to an aromatic ring is 1. The smallest absolute Gasteiger partial charge is 0.262 e. The first-order valence-corrected chi connectivity index (χ1v) is 8.10. The fourth-order valence-corrected chi connectivity index (χ4v) is 2.55. The van der Waals surface area contributed by atoms with Crippen LogP contribution in [-0.4, -0.2) is 23.4 Å². The Labute approximate surface area is 150 Å². The van der Waals surface area contributed by atoms with Gasteiger partial charge in [-0.05, 0) is 44.2 Å². The minimum absolute atomic E-state index is 0.0399. The molecule has 0 spiro atoms. The fourth-order valence-electron chi connectivity index (χ4n) is 2.32. The second kappa shape index (κ2) is 7.03. The third-order valence-corrected chi connectivity index (χ3v) is 3.73. The van der Waals surface area contributed by atoms with Crippen LogP contribution >= 0.6 is 11.6 Å². The van der Waals surface area contributed by atoms with Gasteiger partial charge in [0.1, 0.15) is 11.5 Å². The van der Waals surface area contributed by atoms with Crippen LogP contribution in [0.4, 0.5) is 5.69 Å². The van der Waals surface area contributed by atoms with E-state index in [1.807, 2.05) is 19.9 Å². The third-order valence-electron chi connectivity index (χ3n) is 3.43. The van der Waals surface area contributed by atoms with Crippen LogP contribution < -0.4 is 15.2 Å². The van der Waals surface area contributed by atoms with Crippen LogP contribution in [0.5, 0.6) is 11.5 Å². The summed E-state index contributed by atoms with van der Waals surface area (Å²) in [6, 6.07) is 10.6. The number of aromatic nitrogens is 2. The largest absolute Gasteiger partial charge is 0.496 e. The highest BCUT2D eigenvalue weighted by atomic mass is 35.5. The molecule has 2 N–H and O–H groups in total. The van der Waals surface area contributed by atoms with E-state index in [4.69, 9.17) is 31.3 Å². The van der Waals surface area contributed by atoms with Crippen molar-refractivity contribution in [2.24, 2.45) is 0 Å². The van der Waals surface area contributed by atoms with Gasteiger partial charge in [-0.25, -0.2) is 0 Å². The Morgan fingerprint density at radius 1 is 1.12 bits per heavy atom. The number of ether oxygens (including phenoxy) is 2. The van der Waals surface area contributed by atoms with Crippen LogP contribution in [-0.2, 0) is 0 Å². The van der Waals surface area contributed by atoms with Crippen molar-refractivity contribution in [3.63, 3.8) is 0 Å². The molecule has 6 nitrogen and oxygen atoms in total. The van der Waals surface area contributed by atoms with Crippen LogP contribution in [0.25, 0.3) is 22.8 Å². The molecule has 0 saturated carbocycles. The Morgan fingerprint density at radius 3 is 2.60 bits per heavy atom. The molecule has 3 aromatic rings. The van der Waals surface area contributed by atoms with E-state index in [0.29, 0.717) is 39.5 Å². The topological polar surface area (TPSA) is 83.4 Å². The van der Waals surface area contributed by atoms with Crippen molar-refractivity contribution in [2.45, 2.75) is 20.0 Å². The average Bonchev–Trinajstić information content (AvgIpc) is 3.06. The lowest BCUT2D eigenvalue weighted by Crippen LogP contribution is -2.05. The number of rotatable bonds is 5. The molecule has 3 rings (SSSR count). The number of hydrogen-bond acceptors (Lipinski definition) is 6. The highest BCUT2D eigenvalue weighted by molar-refractivity contribution is 6.32. The van der Waals surface area contributed by atoms with Crippen molar-refractivity contribution in [2.75, 3.05) is 12.8 Å². The summed E-state index contributed by atoms with van der Waals surface area (Å²) in [4.78, 5) is 4.42. The second-order valence-corrected chi connectivity index (χ2v) is 6.10. The number of nitrogens with zero attached hydrogens (tertiary/aromatic N) is 2. The minimum atomic E-state index is 0.0399. The maximum absolute atomic E-state index is 6.27. The van der Waals surface area contributed by atoms with Gasteiger partial charge in [-0.2, -0.15) is 4.98 Å². The Bertz CT molecular complexity index is 893. The maximum Gasteiger partial charge on any atom is 0.262 e. The van der Waals surface area contributed by atoms with Gasteiger partial charge in [0.2, 0.25) is 5.82 Å². The lowest BCUT2D eigenvalue weighted by molar-refractivity contribution is 0.242. The molecule has 0 radical (unpaired) electrons. The van der Waals surface area contributed by atoms with E-state index in [1.54, 1.807) is 37.4 Å². The van der Waals surface area contributed by atoms with Gasteiger partial charge >= 0.3 is 0 Å². The zero-order valence-corrected chi connectivity index (χ0v) is 14.9. The molecular formula is C18H18ClN3O3. The molecule has 1 heterocycles. The summed E-state index contributed by atoms with van der Waals surface area (Å²) >= 11 is 6.27. The summed E-state index contributed by atoms with van der Waals surface area (Å²) in [5.74, 6) is 1.94. The molecule has 0 aliphatic heterocycles. The normalized spacial score (nSPS) is 10.9. The molecule has 2 aromatic carbocycles. The monoisotopic (exact) mass is 359 g/mol. The molecular weight excluding hydrogens is 342 g/mol. The molecule has 0 unspecified atom stereocenters. The van der Waals surface area contributed by atoms with Crippen molar-refractivity contribution < 1.29 is 14.0 Å². The van der Waals surface area contributed by atoms with E-state index in [1.165, 1.54) is 0 Å². The predicted octanol–water partition coefficient (Wildman–Crippen LogP) is 4.44. The maximum atomic E-state index is 6.27. The van der Waals surface area contributed by atoms with Gasteiger partial charge in [-0.1, -0.05) is 16.8 Å². The Morgan fingerprint density at radius 2 is 1.92 bits per heavy atom. The molecule has 0 atom stereocenters. The van der Waals surface area contributed by atoms with Crippen LogP contribution in [0.15, 0.2) is 40.9 Å². The summed E-state index contributed by atoms with van der Waals surface area (Å²) < 4.78 is 16.3. The molecule has 7 heteroatoms. The van der Waals surface area contributed by atoms with Crippen molar-refractivity contribution in [1.82, 2.24) is 10.1 Å². The highest BCUT2D eigenvalue weighted by Gasteiger charge is 2.16. The molecule has 25 heavy (non-hydrogen) atoms. The summed E-state index contributed by atoms with van der Waals surface area (Å²) in [6.45, 7) is 3.88. The summed E-state index contributed by atoms with van der Waals surface area (Å²) in [5.41, 5.74) is 7.76. The third kappa shape index (κ3) is 3.69. The van der Waals surface area contributed by atoms with E-state index in [2.05, 4.69) is 10.1 Å². The predicted molar refractivity (Wildman–Crippen MR) is 96.9 cm³/mol. The number of methoxy groups -OCH3 is 1. The number of hydrogen-bond donors (Lipinski definition) is 1. The van der Waals surface area contributed by atoms with E-state index in [9.17, 15) is 0 Å². The molecule has 0 saturated heterocycles. The van der Waals surface area contributed by atoms with Crippen molar-refractivity contribution in [3.8, 4) is 34.3 Å². The van der Waals surface area contributed by atoms with Gasteiger partial charge in [0.15, 0.2) is 0 Å². The Kier molecular flexibility index (Phi) is 4.81. The SMILES string of the molecule is COc1cc(N)ccc1-c1nc(-c2ccc(OC(C)C)c(Cl)c2)no1. The van der Waals surface area contributed by atoms with Gasteiger partial charge in [0.25, 0.3) is 5.89 Å². The van der Waals surface area contributed by atoms with E-state index < -0.39 is 0 Å². The van der Waals surface area contributed by atoms with Crippen LogP contribution in [0.2, 0.25) is 5.02 Å². The summed E-state index contributed by atoms with van der Waals surface area (Å²) in [5, 5.41) is 4.51. The first-order valence-electron chi connectivity index (χ1n) is 7.72. The zero-order chi connectivity index (χ0) is 18.0. The molecule has 130 valence electrons. The van der Waals surface area contributed by atoms with Crippen molar-refractivity contribution in [1.29, 1.82) is 0 Å². The molecule has 0 fully saturated rings. The average molecular weight is 360 g/mol. The van der Waals surface area contributed by atoms with E-state index in [-0.39, 0.29) is 6.10 Å². The van der Waals surface area contributed by atoms with Gasteiger partial charge in [0.05, 0.1) is 23.8 Å². The number of anilines is 1. The molecule has 0 bridgehead atoms. The number of halogens is 1. The van der Waals surface area contributed by atoms with Crippen molar-refractivity contribution >= 4 is 17.3 Å². The van der Waals surface area contributed by atoms with Crippen LogP contribution in [0.3, 0.4) is 0 Å². The Balaban J connectivity index is 1.93. The number of nitrogens with two attached hydrogens (primary N) is 1. The minimum Gasteiger partial charge on any atom is -0.496 e. The zero-order valence-electron chi connectivity index (χ0n) is 14.1. The lowest BCUT2D eigenvalue weighted by atomic mass is 10.1. The second-order valence-electron chi connectivity index (χ2n) is 5.69. The first-order chi connectivity index (χ1) is 12.0. The van der Waals surface area contributed by atoms with Gasteiger partial charge in [-0.15, -0.1) is 0 Å². The van der Waals surface area contributed by atoms with Gasteiger partial charge in [0, 0.05) is 17.3 Å². The van der Waals surface area contributed by atoms with Crippen molar-refractivity contribution in [3.05, 3.63) is 41.4 Å². The molecule has 0 aliphatic rings. The van der Waals surface area contributed by atoms with E-state index in [0.717, 1.165) is 5.56 Å². The fraction of sp³-hybridized carbons (Fsp3) is 0.222. The van der Waals surface area contributed by atoms with E-state index >= 15 is 0 Å². The van der Waals surface area contributed by atoms with Crippen LogP contribution in [0.1, 0.15) is 13.8 Å². The van der Waals surface area contributed by atoms with Gasteiger partial charge in [-0.3, -0.25) is 0 Å². The van der Waals surface area contributed by atoms with Gasteiger partial charge < -0.3 is 19.7 Å². The summed E-state index contributed by atoms with van der Waals surface area (Å²) in [7, 11) is 1.56. The molecule has 0 amide bonds. The number of benzene rings is 2. The standard InChI is InChI=1S/C18H18ClN3O3/c1-10(2)24-15-7-4-11(8-14(15)19)17-21-18(25-22-17)13-6-5-12(20)9-16(13)23-3/h4-10H,20H2,1-3H3. The summed E-state index contributed by atoms with van der Waals surface area (Å²) in [6.07, 6.45) is 0.0399. The Hall–Kier alpha value is -2.73. The quantitative estimate of drug-likeness (QED) is 0.678.